The monoisotopic (exact) mass is 282 g/mol. The number of hydrogen-bond donors (Lipinski definition) is 2. The standard InChI is InChI=1S/C14H22N2O4/c1-14(2,5-4-6-17)10-15-11-7-12(16(18)19)9-13(8-11)20-3/h7-9,15,17H,4-6,10H2,1-3H3. The number of hydrogen-bond acceptors (Lipinski definition) is 5. The highest BCUT2D eigenvalue weighted by Crippen LogP contribution is 2.28. The number of aliphatic hydroxyl groups excluding tert-OH is 1. The van der Waals surface area contributed by atoms with Gasteiger partial charge in [-0.3, -0.25) is 10.1 Å². The molecule has 0 fully saturated rings. The number of nitrogens with one attached hydrogen (secondary N) is 1. The third kappa shape index (κ3) is 5.05. The van der Waals surface area contributed by atoms with Gasteiger partial charge in [0.1, 0.15) is 5.75 Å². The summed E-state index contributed by atoms with van der Waals surface area (Å²) in [6, 6.07) is 4.61. The third-order valence-electron chi connectivity index (χ3n) is 3.12. The maximum Gasteiger partial charge on any atom is 0.275 e. The van der Waals surface area contributed by atoms with Crippen LogP contribution < -0.4 is 10.1 Å². The van der Waals surface area contributed by atoms with Crippen molar-refractivity contribution in [1.82, 2.24) is 0 Å². The Labute approximate surface area is 118 Å². The molecular formula is C14H22N2O4. The van der Waals surface area contributed by atoms with Gasteiger partial charge in [0, 0.05) is 31.0 Å². The van der Waals surface area contributed by atoms with Crippen molar-refractivity contribution in [2.75, 3.05) is 25.6 Å². The normalized spacial score (nSPS) is 11.2. The van der Waals surface area contributed by atoms with Crippen LogP contribution in [-0.2, 0) is 0 Å². The van der Waals surface area contributed by atoms with E-state index < -0.39 is 4.92 Å². The van der Waals surface area contributed by atoms with Crippen LogP contribution in [0.5, 0.6) is 5.75 Å². The minimum atomic E-state index is -0.440. The molecule has 6 nitrogen and oxygen atoms in total. The van der Waals surface area contributed by atoms with Crippen LogP contribution in [0.2, 0.25) is 0 Å². The number of ether oxygens (including phenoxy) is 1. The Bertz CT molecular complexity index is 460. The Kier molecular flexibility index (Phi) is 5.76. The van der Waals surface area contributed by atoms with Crippen LogP contribution >= 0.6 is 0 Å². The van der Waals surface area contributed by atoms with E-state index in [0.717, 1.165) is 12.8 Å². The highest BCUT2D eigenvalue weighted by Gasteiger charge is 2.18. The molecule has 6 heteroatoms. The minimum absolute atomic E-state index is 0.0000133. The zero-order chi connectivity index (χ0) is 15.2. The first kappa shape index (κ1) is 16.2. The SMILES string of the molecule is COc1cc(NCC(C)(C)CCCO)cc([N+](=O)[O-])c1. The fourth-order valence-electron chi connectivity index (χ4n) is 1.90. The number of nitro groups is 1. The zero-order valence-electron chi connectivity index (χ0n) is 12.2. The van der Waals surface area contributed by atoms with Crippen LogP contribution in [0.4, 0.5) is 11.4 Å². The van der Waals surface area contributed by atoms with Crippen LogP contribution in [-0.4, -0.2) is 30.3 Å². The van der Waals surface area contributed by atoms with E-state index in [1.54, 1.807) is 6.07 Å². The molecule has 1 rings (SSSR count). The molecule has 0 amide bonds. The van der Waals surface area contributed by atoms with Crippen molar-refractivity contribution < 1.29 is 14.8 Å². The van der Waals surface area contributed by atoms with Crippen molar-refractivity contribution in [2.45, 2.75) is 26.7 Å². The van der Waals surface area contributed by atoms with E-state index >= 15 is 0 Å². The molecule has 1 aromatic carbocycles. The van der Waals surface area contributed by atoms with Crippen molar-refractivity contribution in [1.29, 1.82) is 0 Å². The fourth-order valence-corrected chi connectivity index (χ4v) is 1.90. The summed E-state index contributed by atoms with van der Waals surface area (Å²) >= 11 is 0. The second kappa shape index (κ2) is 7.09. The molecule has 0 unspecified atom stereocenters. The summed E-state index contributed by atoms with van der Waals surface area (Å²) < 4.78 is 5.07. The summed E-state index contributed by atoms with van der Waals surface area (Å²) in [5.41, 5.74) is 0.661. The molecule has 2 N–H and O–H groups in total. The molecule has 0 spiro atoms. The van der Waals surface area contributed by atoms with Crippen LogP contribution in [0.1, 0.15) is 26.7 Å². The fraction of sp³-hybridized carbons (Fsp3) is 0.571. The number of aliphatic hydroxyl groups is 1. The third-order valence-corrected chi connectivity index (χ3v) is 3.12. The minimum Gasteiger partial charge on any atom is -0.496 e. The molecule has 0 aliphatic carbocycles. The van der Waals surface area contributed by atoms with E-state index in [9.17, 15) is 10.1 Å². The lowest BCUT2D eigenvalue weighted by Crippen LogP contribution is -2.23. The molecule has 0 atom stereocenters. The first-order chi connectivity index (χ1) is 9.38. The maximum atomic E-state index is 10.9. The van der Waals surface area contributed by atoms with E-state index in [-0.39, 0.29) is 17.7 Å². The van der Waals surface area contributed by atoms with E-state index in [2.05, 4.69) is 19.2 Å². The maximum absolute atomic E-state index is 10.9. The molecule has 0 heterocycles. The molecule has 0 aliphatic rings. The van der Waals surface area contributed by atoms with Gasteiger partial charge in [0.05, 0.1) is 18.1 Å². The molecular weight excluding hydrogens is 260 g/mol. The van der Waals surface area contributed by atoms with Gasteiger partial charge in [-0.2, -0.15) is 0 Å². The molecule has 20 heavy (non-hydrogen) atoms. The second-order valence-electron chi connectivity index (χ2n) is 5.52. The Morgan fingerprint density at radius 1 is 1.40 bits per heavy atom. The Hall–Kier alpha value is -1.82. The largest absolute Gasteiger partial charge is 0.496 e. The summed E-state index contributed by atoms with van der Waals surface area (Å²) in [5, 5.41) is 22.9. The Morgan fingerprint density at radius 3 is 2.65 bits per heavy atom. The Balaban J connectivity index is 2.76. The van der Waals surface area contributed by atoms with Gasteiger partial charge in [0.15, 0.2) is 0 Å². The van der Waals surface area contributed by atoms with Crippen LogP contribution in [0.3, 0.4) is 0 Å². The van der Waals surface area contributed by atoms with Crippen molar-refractivity contribution in [3.8, 4) is 5.75 Å². The lowest BCUT2D eigenvalue weighted by atomic mass is 9.88. The summed E-state index contributed by atoms with van der Waals surface area (Å²) in [6.07, 6.45) is 1.62. The highest BCUT2D eigenvalue weighted by atomic mass is 16.6. The number of non-ortho nitro benzene ring substituents is 1. The van der Waals surface area contributed by atoms with Gasteiger partial charge in [-0.25, -0.2) is 0 Å². The van der Waals surface area contributed by atoms with E-state index in [0.29, 0.717) is 18.0 Å². The predicted octanol–water partition coefficient (Wildman–Crippen LogP) is 2.81. The first-order valence-electron chi connectivity index (χ1n) is 6.56. The van der Waals surface area contributed by atoms with Crippen molar-refractivity contribution in [3.63, 3.8) is 0 Å². The topological polar surface area (TPSA) is 84.6 Å². The number of anilines is 1. The number of rotatable bonds is 8. The number of nitro benzene ring substituents is 1. The summed E-state index contributed by atoms with van der Waals surface area (Å²) in [6.45, 7) is 5.01. The number of methoxy groups -OCH3 is 1. The predicted molar refractivity (Wildman–Crippen MR) is 78.2 cm³/mol. The first-order valence-corrected chi connectivity index (χ1v) is 6.56. The quantitative estimate of drug-likeness (QED) is 0.565. The average molecular weight is 282 g/mol. The van der Waals surface area contributed by atoms with Crippen molar-refractivity contribution in [3.05, 3.63) is 28.3 Å². The van der Waals surface area contributed by atoms with Gasteiger partial charge in [-0.15, -0.1) is 0 Å². The summed E-state index contributed by atoms with van der Waals surface area (Å²) in [4.78, 5) is 10.4. The van der Waals surface area contributed by atoms with Gasteiger partial charge in [0.25, 0.3) is 5.69 Å². The lowest BCUT2D eigenvalue weighted by Gasteiger charge is -2.25. The van der Waals surface area contributed by atoms with E-state index in [4.69, 9.17) is 9.84 Å². The molecule has 0 radical (unpaired) electrons. The molecule has 0 saturated carbocycles. The smallest absolute Gasteiger partial charge is 0.275 e. The second-order valence-corrected chi connectivity index (χ2v) is 5.52. The zero-order valence-corrected chi connectivity index (χ0v) is 12.2. The van der Waals surface area contributed by atoms with E-state index in [1.807, 2.05) is 0 Å². The molecule has 112 valence electrons. The summed E-state index contributed by atoms with van der Waals surface area (Å²) in [7, 11) is 1.48. The number of nitrogens with zero attached hydrogens (tertiary/aromatic N) is 1. The Morgan fingerprint density at radius 2 is 2.10 bits per heavy atom. The van der Waals surface area contributed by atoms with E-state index in [1.165, 1.54) is 19.2 Å². The van der Waals surface area contributed by atoms with Gasteiger partial charge in [-0.05, 0) is 18.3 Å². The van der Waals surface area contributed by atoms with Crippen molar-refractivity contribution in [2.24, 2.45) is 5.41 Å². The van der Waals surface area contributed by atoms with Crippen LogP contribution in [0, 0.1) is 15.5 Å². The van der Waals surface area contributed by atoms with Crippen LogP contribution in [0.25, 0.3) is 0 Å². The van der Waals surface area contributed by atoms with Gasteiger partial charge in [-0.1, -0.05) is 13.8 Å². The molecule has 1 aromatic rings. The van der Waals surface area contributed by atoms with Gasteiger partial charge in [0.2, 0.25) is 0 Å². The molecule has 0 saturated heterocycles. The summed E-state index contributed by atoms with van der Waals surface area (Å²) in [5.74, 6) is 0.454. The molecule has 0 bridgehead atoms. The average Bonchev–Trinajstić information content (AvgIpc) is 2.42. The van der Waals surface area contributed by atoms with Gasteiger partial charge >= 0.3 is 0 Å². The van der Waals surface area contributed by atoms with Crippen molar-refractivity contribution >= 4 is 11.4 Å². The van der Waals surface area contributed by atoms with Crippen LogP contribution in [0.15, 0.2) is 18.2 Å². The highest BCUT2D eigenvalue weighted by molar-refractivity contribution is 5.56. The number of benzene rings is 1. The van der Waals surface area contributed by atoms with Gasteiger partial charge < -0.3 is 15.2 Å². The molecule has 0 aliphatic heterocycles. The molecule has 0 aromatic heterocycles. The lowest BCUT2D eigenvalue weighted by molar-refractivity contribution is -0.384.